The summed E-state index contributed by atoms with van der Waals surface area (Å²) in [6.45, 7) is 11.6. The van der Waals surface area contributed by atoms with Crippen LogP contribution in [0.4, 0.5) is 0 Å². The Morgan fingerprint density at radius 1 is 0.933 bits per heavy atom. The van der Waals surface area contributed by atoms with E-state index in [0.717, 1.165) is 16.9 Å². The van der Waals surface area contributed by atoms with Crippen LogP contribution in [-0.4, -0.2) is 39.7 Å². The van der Waals surface area contributed by atoms with Gasteiger partial charge in [-0.1, -0.05) is 45.9 Å². The second-order valence-electron chi connectivity index (χ2n) is 7.61. The third-order valence-corrected chi connectivity index (χ3v) is 5.65. The molecule has 9 heteroatoms. The highest BCUT2D eigenvalue weighted by Crippen LogP contribution is 2.32. The molecule has 0 atom stereocenters. The van der Waals surface area contributed by atoms with E-state index in [0.29, 0.717) is 4.90 Å². The van der Waals surface area contributed by atoms with Crippen LogP contribution in [0.15, 0.2) is 53.8 Å². The maximum absolute atomic E-state index is 12.3. The predicted octanol–water partition coefficient (Wildman–Crippen LogP) is 4.10. The van der Waals surface area contributed by atoms with Gasteiger partial charge >= 0.3 is 0 Å². The monoisotopic (exact) mass is 431 g/mol. The number of pyridine rings is 1. The van der Waals surface area contributed by atoms with Crippen molar-refractivity contribution >= 4 is 10.1 Å². The van der Waals surface area contributed by atoms with Crippen molar-refractivity contribution < 1.29 is 12.6 Å². The minimum Gasteiger partial charge on any atom is -0.264 e. The van der Waals surface area contributed by atoms with Crippen LogP contribution >= 0.6 is 0 Å². The molecular weight excluding hydrogens is 402 g/mol. The van der Waals surface area contributed by atoms with Gasteiger partial charge in [-0.05, 0) is 65.4 Å². The molecule has 0 aliphatic carbocycles. The van der Waals surface area contributed by atoms with E-state index in [4.69, 9.17) is 4.18 Å². The fourth-order valence-electron chi connectivity index (χ4n) is 2.96. The van der Waals surface area contributed by atoms with E-state index in [1.54, 1.807) is 32.2 Å². The molecule has 0 bridgehead atoms. The van der Waals surface area contributed by atoms with E-state index in [-0.39, 0.29) is 17.9 Å². The van der Waals surface area contributed by atoms with Gasteiger partial charge in [0.1, 0.15) is 6.33 Å². The molecule has 0 spiro atoms. The topological polar surface area (TPSA) is 99.9 Å². The lowest BCUT2D eigenvalue weighted by Gasteiger charge is -2.20. The zero-order valence-electron chi connectivity index (χ0n) is 18.2. The molecule has 2 aromatic heterocycles. The average molecular weight is 432 g/mol. The van der Waals surface area contributed by atoms with E-state index in [9.17, 15) is 8.42 Å². The molecule has 0 radical (unpaired) electrons. The normalized spacial score (nSPS) is 11.6. The largest absolute Gasteiger partial charge is 0.297 e. The molecule has 30 heavy (non-hydrogen) atoms. The summed E-state index contributed by atoms with van der Waals surface area (Å²) in [5.41, 5.74) is 1.95. The van der Waals surface area contributed by atoms with Crippen molar-refractivity contribution in [1.29, 1.82) is 0 Å². The second kappa shape index (κ2) is 10.4. The maximum Gasteiger partial charge on any atom is 0.297 e. The predicted molar refractivity (Wildman–Crippen MR) is 115 cm³/mol. The molecule has 0 aliphatic rings. The molecule has 0 aliphatic heterocycles. The van der Waals surface area contributed by atoms with E-state index in [1.165, 1.54) is 11.0 Å². The van der Waals surface area contributed by atoms with Crippen LogP contribution < -0.4 is 0 Å². The first kappa shape index (κ1) is 23.6. The number of aromatic nitrogens is 5. The first-order valence-corrected chi connectivity index (χ1v) is 11.2. The SMILES string of the molecule is CC(C)OS(=O)(=O)c1cccc(C(C)C)c1C(C)C.c1ccc(-n2cnnn2)nc1. The van der Waals surface area contributed by atoms with Crippen molar-refractivity contribution in [3.63, 3.8) is 0 Å². The minimum absolute atomic E-state index is 0.138. The number of rotatable bonds is 6. The summed E-state index contributed by atoms with van der Waals surface area (Å²) in [5, 5.41) is 10.7. The molecule has 3 aromatic rings. The number of hydrogen-bond acceptors (Lipinski definition) is 7. The standard InChI is InChI=1S/C15H24O3S.C6H5N5/c1-10(2)13-8-7-9-14(15(13)11(3)4)19(16,17)18-12(5)6;1-2-4-7-6(3-1)11-5-8-9-10-11/h7-12H,1-6H3;1-5H. The van der Waals surface area contributed by atoms with Crippen LogP contribution in [-0.2, 0) is 14.3 Å². The lowest BCUT2D eigenvalue weighted by Crippen LogP contribution is -2.16. The van der Waals surface area contributed by atoms with Gasteiger partial charge in [0.15, 0.2) is 5.82 Å². The van der Waals surface area contributed by atoms with Crippen molar-refractivity contribution in [1.82, 2.24) is 25.2 Å². The summed E-state index contributed by atoms with van der Waals surface area (Å²) in [6, 6.07) is 11.0. The fraction of sp³-hybridized carbons (Fsp3) is 0.429. The number of tetrazole rings is 1. The average Bonchev–Trinajstić information content (AvgIpc) is 3.22. The van der Waals surface area contributed by atoms with Gasteiger partial charge in [-0.15, -0.1) is 5.10 Å². The second-order valence-corrected chi connectivity index (χ2v) is 9.15. The van der Waals surface area contributed by atoms with Gasteiger partial charge in [-0.3, -0.25) is 4.18 Å². The molecule has 3 rings (SSSR count). The van der Waals surface area contributed by atoms with Crippen molar-refractivity contribution in [2.75, 3.05) is 0 Å². The van der Waals surface area contributed by atoms with Gasteiger partial charge in [-0.2, -0.15) is 13.1 Å². The van der Waals surface area contributed by atoms with E-state index < -0.39 is 10.1 Å². The Balaban J connectivity index is 0.000000244. The quantitative estimate of drug-likeness (QED) is 0.542. The zero-order chi connectivity index (χ0) is 22.3. The zero-order valence-corrected chi connectivity index (χ0v) is 19.0. The van der Waals surface area contributed by atoms with E-state index >= 15 is 0 Å². The van der Waals surface area contributed by atoms with Crippen LogP contribution in [0.25, 0.3) is 5.82 Å². The Kier molecular flexibility index (Phi) is 8.19. The Bertz CT molecular complexity index is 1020. The number of hydrogen-bond donors (Lipinski definition) is 0. The molecular formula is C21H29N5O3S. The van der Waals surface area contributed by atoms with Gasteiger partial charge in [0.2, 0.25) is 0 Å². The third-order valence-electron chi connectivity index (χ3n) is 4.12. The molecule has 0 saturated heterocycles. The highest BCUT2D eigenvalue weighted by molar-refractivity contribution is 7.86. The van der Waals surface area contributed by atoms with Crippen molar-refractivity contribution in [3.8, 4) is 5.82 Å². The summed E-state index contributed by atoms with van der Waals surface area (Å²) < 4.78 is 31.3. The maximum atomic E-state index is 12.3. The molecule has 8 nitrogen and oxygen atoms in total. The Labute approximate surface area is 178 Å². The minimum atomic E-state index is -3.69. The van der Waals surface area contributed by atoms with E-state index in [1.807, 2.05) is 38.1 Å². The van der Waals surface area contributed by atoms with Crippen LogP contribution in [0.3, 0.4) is 0 Å². The van der Waals surface area contributed by atoms with Crippen LogP contribution in [0.2, 0.25) is 0 Å². The summed E-state index contributed by atoms with van der Waals surface area (Å²) >= 11 is 0. The smallest absolute Gasteiger partial charge is 0.264 e. The van der Waals surface area contributed by atoms with Gasteiger partial charge in [0.25, 0.3) is 10.1 Å². The Morgan fingerprint density at radius 2 is 1.67 bits per heavy atom. The van der Waals surface area contributed by atoms with Crippen molar-refractivity contribution in [3.05, 3.63) is 60.0 Å². The first-order valence-electron chi connectivity index (χ1n) is 9.84. The number of nitrogens with zero attached hydrogens (tertiary/aromatic N) is 5. The van der Waals surface area contributed by atoms with Gasteiger partial charge in [0.05, 0.1) is 11.0 Å². The Morgan fingerprint density at radius 3 is 2.17 bits per heavy atom. The van der Waals surface area contributed by atoms with Gasteiger partial charge < -0.3 is 0 Å². The highest BCUT2D eigenvalue weighted by atomic mass is 32.2. The molecule has 0 unspecified atom stereocenters. The summed E-state index contributed by atoms with van der Waals surface area (Å²) in [7, 11) is -3.69. The summed E-state index contributed by atoms with van der Waals surface area (Å²) in [4.78, 5) is 4.35. The van der Waals surface area contributed by atoms with Gasteiger partial charge in [-0.25, -0.2) is 4.98 Å². The lowest BCUT2D eigenvalue weighted by atomic mass is 9.91. The summed E-state index contributed by atoms with van der Waals surface area (Å²) in [6.07, 6.45) is 2.84. The molecule has 0 fully saturated rings. The van der Waals surface area contributed by atoms with Crippen LogP contribution in [0.5, 0.6) is 0 Å². The molecule has 1 aromatic carbocycles. The lowest BCUT2D eigenvalue weighted by molar-refractivity contribution is 0.248. The molecule has 0 N–H and O–H groups in total. The highest BCUT2D eigenvalue weighted by Gasteiger charge is 2.25. The van der Waals surface area contributed by atoms with Crippen molar-refractivity contribution in [2.24, 2.45) is 0 Å². The third kappa shape index (κ3) is 6.17. The first-order chi connectivity index (χ1) is 14.1. The number of benzene rings is 1. The molecule has 2 heterocycles. The molecule has 0 saturated carbocycles. The fourth-order valence-corrected chi connectivity index (χ4v) is 4.44. The Hall–Kier alpha value is -2.65. The summed E-state index contributed by atoms with van der Waals surface area (Å²) in [5.74, 6) is 1.14. The van der Waals surface area contributed by atoms with Crippen LogP contribution in [0, 0.1) is 0 Å². The molecule has 0 amide bonds. The molecule has 162 valence electrons. The van der Waals surface area contributed by atoms with Gasteiger partial charge in [0, 0.05) is 6.20 Å². The van der Waals surface area contributed by atoms with Crippen LogP contribution in [0.1, 0.15) is 64.5 Å². The van der Waals surface area contributed by atoms with E-state index in [2.05, 4.69) is 34.4 Å². The van der Waals surface area contributed by atoms with Crippen molar-refractivity contribution in [2.45, 2.75) is 64.4 Å².